The molecule has 3 nitrogen and oxygen atoms in total. The van der Waals surface area contributed by atoms with E-state index in [1.807, 2.05) is 12.3 Å². The highest BCUT2D eigenvalue weighted by atomic mass is 32.1. The summed E-state index contributed by atoms with van der Waals surface area (Å²) in [4.78, 5) is 7.93. The molecule has 0 radical (unpaired) electrons. The Morgan fingerprint density at radius 2 is 2.00 bits per heavy atom. The van der Waals surface area contributed by atoms with Crippen molar-refractivity contribution < 1.29 is 13.2 Å². The first-order chi connectivity index (χ1) is 8.41. The Balaban J connectivity index is 2.58. The van der Waals surface area contributed by atoms with Gasteiger partial charge in [-0.15, -0.1) is 11.3 Å². The van der Waals surface area contributed by atoms with Crippen molar-refractivity contribution in [2.75, 3.05) is 12.4 Å². The average molecular weight is 273 g/mol. The lowest BCUT2D eigenvalue weighted by atomic mass is 10.2. The fourth-order valence-corrected chi connectivity index (χ4v) is 2.20. The molecular weight excluding hydrogens is 263 g/mol. The molecule has 18 heavy (non-hydrogen) atoms. The fraction of sp³-hybridized carbons (Fsp3) is 0.273. The number of halogens is 3. The Labute approximate surface area is 106 Å². The molecule has 0 bridgehead atoms. The minimum Gasteiger partial charge on any atom is -0.373 e. The Morgan fingerprint density at radius 1 is 1.28 bits per heavy atom. The number of aryl methyl sites for hydroxylation is 1. The Bertz CT molecular complexity index is 563. The Hall–Kier alpha value is -1.63. The quantitative estimate of drug-likeness (QED) is 0.909. The third-order valence-corrected chi connectivity index (χ3v) is 3.22. The van der Waals surface area contributed by atoms with E-state index in [4.69, 9.17) is 0 Å². The van der Waals surface area contributed by atoms with E-state index in [0.717, 1.165) is 4.88 Å². The molecule has 2 rings (SSSR count). The van der Waals surface area contributed by atoms with E-state index < -0.39 is 12.0 Å². The van der Waals surface area contributed by atoms with E-state index in [-0.39, 0.29) is 11.5 Å². The molecule has 2 aromatic rings. The van der Waals surface area contributed by atoms with E-state index in [0.29, 0.717) is 5.56 Å². The normalized spacial score (nSPS) is 11.6. The molecule has 0 fully saturated rings. The molecule has 7 heteroatoms. The second kappa shape index (κ2) is 4.56. The number of aromatic nitrogens is 2. The first-order valence-electron chi connectivity index (χ1n) is 5.10. The average Bonchev–Trinajstić information content (AvgIpc) is 2.73. The lowest BCUT2D eigenvalue weighted by Gasteiger charge is -2.09. The van der Waals surface area contributed by atoms with Crippen LogP contribution in [0.25, 0.3) is 11.3 Å². The topological polar surface area (TPSA) is 37.8 Å². The van der Waals surface area contributed by atoms with Gasteiger partial charge in [0.1, 0.15) is 5.82 Å². The maximum absolute atomic E-state index is 12.7. The third kappa shape index (κ3) is 2.45. The van der Waals surface area contributed by atoms with Crippen molar-refractivity contribution in [2.24, 2.45) is 0 Å². The second-order valence-corrected chi connectivity index (χ2v) is 4.72. The molecule has 2 aromatic heterocycles. The van der Waals surface area contributed by atoms with Crippen LogP contribution in [0.1, 0.15) is 10.7 Å². The van der Waals surface area contributed by atoms with Crippen LogP contribution in [-0.4, -0.2) is 17.0 Å². The molecule has 0 aliphatic rings. The van der Waals surface area contributed by atoms with Gasteiger partial charge < -0.3 is 5.32 Å². The third-order valence-electron chi connectivity index (χ3n) is 2.37. The van der Waals surface area contributed by atoms with Crippen LogP contribution in [0.3, 0.4) is 0 Å². The highest BCUT2D eigenvalue weighted by Gasteiger charge is 2.35. The molecule has 0 unspecified atom stereocenters. The van der Waals surface area contributed by atoms with Crippen LogP contribution in [0.5, 0.6) is 0 Å². The Morgan fingerprint density at radius 3 is 2.50 bits per heavy atom. The zero-order valence-corrected chi connectivity index (χ0v) is 10.5. The molecule has 0 saturated carbocycles. The van der Waals surface area contributed by atoms with Crippen LogP contribution in [0.4, 0.5) is 19.0 Å². The predicted octanol–water partition coefficient (Wildman–Crippen LogP) is 3.57. The van der Waals surface area contributed by atoms with Crippen molar-refractivity contribution in [3.05, 3.63) is 28.2 Å². The van der Waals surface area contributed by atoms with Gasteiger partial charge in [0.15, 0.2) is 0 Å². The largest absolute Gasteiger partial charge is 0.451 e. The summed E-state index contributed by atoms with van der Waals surface area (Å²) in [7, 11) is 1.52. The number of thiophene rings is 1. The molecule has 96 valence electrons. The fourth-order valence-electron chi connectivity index (χ4n) is 1.49. The zero-order valence-electron chi connectivity index (χ0n) is 9.67. The molecule has 0 aliphatic carbocycles. The minimum absolute atomic E-state index is 0.151. The number of anilines is 1. The Kier molecular flexibility index (Phi) is 3.25. The number of alkyl halides is 3. The molecule has 0 saturated heterocycles. The summed E-state index contributed by atoms with van der Waals surface area (Å²) in [5.74, 6) is -0.979. The van der Waals surface area contributed by atoms with Gasteiger partial charge in [0, 0.05) is 23.6 Å². The van der Waals surface area contributed by atoms with E-state index in [9.17, 15) is 13.2 Å². The molecule has 1 N–H and O–H groups in total. The molecule has 0 spiro atoms. The van der Waals surface area contributed by atoms with Crippen molar-refractivity contribution in [3.63, 3.8) is 0 Å². The van der Waals surface area contributed by atoms with Crippen LogP contribution in [-0.2, 0) is 6.18 Å². The molecule has 0 atom stereocenters. The van der Waals surface area contributed by atoms with Crippen molar-refractivity contribution >= 4 is 17.2 Å². The van der Waals surface area contributed by atoms with Crippen molar-refractivity contribution in [3.8, 4) is 11.3 Å². The number of nitrogens with zero attached hydrogens (tertiary/aromatic N) is 2. The van der Waals surface area contributed by atoms with Gasteiger partial charge in [0.25, 0.3) is 0 Å². The summed E-state index contributed by atoms with van der Waals surface area (Å²) >= 11 is 1.46. The van der Waals surface area contributed by atoms with Crippen molar-refractivity contribution in [1.82, 2.24) is 9.97 Å². The van der Waals surface area contributed by atoms with Gasteiger partial charge in [0.05, 0.1) is 5.69 Å². The predicted molar refractivity (Wildman–Crippen MR) is 64.6 cm³/mol. The summed E-state index contributed by atoms with van der Waals surface area (Å²) in [6, 6.07) is 3.26. The molecule has 2 heterocycles. The van der Waals surface area contributed by atoms with Gasteiger partial charge in [-0.2, -0.15) is 13.2 Å². The minimum atomic E-state index is -4.55. The van der Waals surface area contributed by atoms with E-state index in [1.54, 1.807) is 6.07 Å². The van der Waals surface area contributed by atoms with Gasteiger partial charge in [0.2, 0.25) is 5.82 Å². The van der Waals surface area contributed by atoms with Gasteiger partial charge in [-0.3, -0.25) is 0 Å². The van der Waals surface area contributed by atoms with Gasteiger partial charge in [-0.25, -0.2) is 9.97 Å². The van der Waals surface area contributed by atoms with Crippen LogP contribution in [0.2, 0.25) is 0 Å². The summed E-state index contributed by atoms with van der Waals surface area (Å²) in [5.41, 5.74) is 0.977. The number of hydrogen-bond donors (Lipinski definition) is 1. The SMILES string of the molecule is CNc1cc(-c2ccsc2C)nc(C(F)(F)F)n1. The van der Waals surface area contributed by atoms with E-state index in [1.165, 1.54) is 24.5 Å². The van der Waals surface area contributed by atoms with E-state index >= 15 is 0 Å². The highest BCUT2D eigenvalue weighted by Crippen LogP contribution is 2.32. The standard InChI is InChI=1S/C11H10F3N3S/c1-6-7(3-4-18-6)8-5-9(15-2)17-10(16-8)11(12,13)14/h3-5H,1-2H3,(H,15,16,17). The first kappa shape index (κ1) is 12.8. The molecule has 0 amide bonds. The zero-order chi connectivity index (χ0) is 13.3. The monoisotopic (exact) mass is 273 g/mol. The maximum atomic E-state index is 12.7. The second-order valence-electron chi connectivity index (χ2n) is 3.60. The number of rotatable bonds is 2. The van der Waals surface area contributed by atoms with Crippen LogP contribution in [0.15, 0.2) is 17.5 Å². The molecule has 0 aliphatic heterocycles. The highest BCUT2D eigenvalue weighted by molar-refractivity contribution is 7.10. The molecule has 0 aromatic carbocycles. The lowest BCUT2D eigenvalue weighted by Crippen LogP contribution is -2.13. The van der Waals surface area contributed by atoms with Crippen molar-refractivity contribution in [2.45, 2.75) is 13.1 Å². The summed E-state index contributed by atoms with van der Waals surface area (Å²) < 4.78 is 38.0. The van der Waals surface area contributed by atoms with Crippen LogP contribution < -0.4 is 5.32 Å². The summed E-state index contributed by atoms with van der Waals surface area (Å²) in [5, 5.41) is 4.43. The number of nitrogens with one attached hydrogen (secondary N) is 1. The molecular formula is C11H10F3N3S. The summed E-state index contributed by atoms with van der Waals surface area (Å²) in [6.45, 7) is 1.84. The van der Waals surface area contributed by atoms with Gasteiger partial charge in [-0.1, -0.05) is 0 Å². The van der Waals surface area contributed by atoms with Crippen molar-refractivity contribution in [1.29, 1.82) is 0 Å². The van der Waals surface area contributed by atoms with E-state index in [2.05, 4.69) is 15.3 Å². The summed E-state index contributed by atoms with van der Waals surface area (Å²) in [6.07, 6.45) is -4.55. The number of hydrogen-bond acceptors (Lipinski definition) is 4. The van der Waals surface area contributed by atoms with Crippen LogP contribution in [0, 0.1) is 6.92 Å². The van der Waals surface area contributed by atoms with Crippen LogP contribution >= 0.6 is 11.3 Å². The van der Waals surface area contributed by atoms with Gasteiger partial charge >= 0.3 is 6.18 Å². The van der Waals surface area contributed by atoms with Gasteiger partial charge in [-0.05, 0) is 18.4 Å². The first-order valence-corrected chi connectivity index (χ1v) is 5.98. The lowest BCUT2D eigenvalue weighted by molar-refractivity contribution is -0.144. The smallest absolute Gasteiger partial charge is 0.373 e. The maximum Gasteiger partial charge on any atom is 0.451 e.